The summed E-state index contributed by atoms with van der Waals surface area (Å²) in [5.74, 6) is -3.76. The van der Waals surface area contributed by atoms with Crippen LogP contribution in [0.25, 0.3) is 0 Å². The second-order valence-electron chi connectivity index (χ2n) is 6.45. The van der Waals surface area contributed by atoms with Crippen molar-refractivity contribution in [3.05, 3.63) is 0 Å². The SMILES string of the molecule is CC(C)[C@@H](NC(=O)[C@H](CS)NC(=O)CCC[C@](C)(N)C(=O)O)C(=O)O. The highest BCUT2D eigenvalue weighted by atomic mass is 32.1. The van der Waals surface area contributed by atoms with E-state index in [1.807, 2.05) is 0 Å². The summed E-state index contributed by atoms with van der Waals surface area (Å²) >= 11 is 4.00. The van der Waals surface area contributed by atoms with Crippen molar-refractivity contribution in [2.24, 2.45) is 11.7 Å². The van der Waals surface area contributed by atoms with Gasteiger partial charge in [0.25, 0.3) is 0 Å². The Morgan fingerprint density at radius 3 is 2.12 bits per heavy atom. The summed E-state index contributed by atoms with van der Waals surface area (Å²) < 4.78 is 0. The van der Waals surface area contributed by atoms with Crippen LogP contribution in [-0.2, 0) is 19.2 Å². The third kappa shape index (κ3) is 8.21. The molecule has 0 aromatic rings. The molecule has 0 aromatic carbocycles. The van der Waals surface area contributed by atoms with E-state index in [1.165, 1.54) is 6.92 Å². The van der Waals surface area contributed by atoms with E-state index in [9.17, 15) is 19.2 Å². The van der Waals surface area contributed by atoms with Crippen LogP contribution >= 0.6 is 12.6 Å². The lowest BCUT2D eigenvalue weighted by Crippen LogP contribution is -2.53. The van der Waals surface area contributed by atoms with Crippen LogP contribution in [0.1, 0.15) is 40.0 Å². The molecule has 0 radical (unpaired) electrons. The van der Waals surface area contributed by atoms with E-state index in [0.29, 0.717) is 0 Å². The van der Waals surface area contributed by atoms with Crippen molar-refractivity contribution in [3.8, 4) is 0 Å². The lowest BCUT2D eigenvalue weighted by Gasteiger charge is -2.22. The molecule has 9 nitrogen and oxygen atoms in total. The fraction of sp³-hybridized carbons (Fsp3) is 0.733. The van der Waals surface area contributed by atoms with Crippen molar-refractivity contribution in [2.45, 2.75) is 57.7 Å². The average Bonchev–Trinajstić information content (AvgIpc) is 2.48. The van der Waals surface area contributed by atoms with Crippen molar-refractivity contribution in [3.63, 3.8) is 0 Å². The molecule has 0 aromatic heterocycles. The van der Waals surface area contributed by atoms with Gasteiger partial charge in [0.1, 0.15) is 17.6 Å². The summed E-state index contributed by atoms with van der Waals surface area (Å²) in [4.78, 5) is 46.0. The van der Waals surface area contributed by atoms with Gasteiger partial charge in [0.15, 0.2) is 0 Å². The number of carbonyl (C=O) groups excluding carboxylic acids is 2. The van der Waals surface area contributed by atoms with Crippen LogP contribution in [0.15, 0.2) is 0 Å². The number of carboxylic acids is 2. The van der Waals surface area contributed by atoms with Gasteiger partial charge in [-0.25, -0.2) is 4.79 Å². The Labute approximate surface area is 152 Å². The summed E-state index contributed by atoms with van der Waals surface area (Å²) in [5.41, 5.74) is 4.15. The second-order valence-corrected chi connectivity index (χ2v) is 6.81. The molecule has 2 amide bonds. The predicted molar refractivity (Wildman–Crippen MR) is 94.3 cm³/mol. The standard InChI is InChI=1S/C15H27N3O6S/c1-8(2)11(13(21)22)18-12(20)9(7-25)17-10(19)5-4-6-15(3,16)14(23)24/h8-9,11,25H,4-7,16H2,1-3H3,(H,17,19)(H,18,20)(H,21,22)(H,23,24)/t9-,11+,15-/m0/s1. The molecule has 0 heterocycles. The van der Waals surface area contributed by atoms with E-state index in [4.69, 9.17) is 15.9 Å². The highest BCUT2D eigenvalue weighted by Crippen LogP contribution is 2.11. The molecule has 0 bridgehead atoms. The lowest BCUT2D eigenvalue weighted by atomic mass is 9.96. The summed E-state index contributed by atoms with van der Waals surface area (Å²) in [6, 6.07) is -2.06. The van der Waals surface area contributed by atoms with Gasteiger partial charge in [-0.1, -0.05) is 13.8 Å². The largest absolute Gasteiger partial charge is 0.480 e. The highest BCUT2D eigenvalue weighted by molar-refractivity contribution is 7.80. The van der Waals surface area contributed by atoms with Gasteiger partial charge in [0.2, 0.25) is 11.8 Å². The molecule has 0 saturated heterocycles. The summed E-state index contributed by atoms with van der Waals surface area (Å²) in [6.07, 6.45) is 0.321. The van der Waals surface area contributed by atoms with Crippen molar-refractivity contribution in [1.82, 2.24) is 10.6 Å². The van der Waals surface area contributed by atoms with Gasteiger partial charge in [-0.15, -0.1) is 0 Å². The van der Waals surface area contributed by atoms with E-state index in [2.05, 4.69) is 23.3 Å². The average molecular weight is 377 g/mol. The van der Waals surface area contributed by atoms with Crippen molar-refractivity contribution >= 4 is 36.4 Å². The first-order valence-corrected chi connectivity index (χ1v) is 8.51. The van der Waals surface area contributed by atoms with Crippen LogP contribution in [-0.4, -0.2) is 57.3 Å². The van der Waals surface area contributed by atoms with Gasteiger partial charge in [-0.05, 0) is 25.7 Å². The molecule has 144 valence electrons. The number of aliphatic carboxylic acids is 2. The van der Waals surface area contributed by atoms with E-state index < -0.39 is 41.4 Å². The van der Waals surface area contributed by atoms with E-state index in [-0.39, 0.29) is 30.9 Å². The molecular formula is C15H27N3O6S. The van der Waals surface area contributed by atoms with Gasteiger partial charge in [0.05, 0.1) is 0 Å². The van der Waals surface area contributed by atoms with Crippen molar-refractivity contribution < 1.29 is 29.4 Å². The number of nitrogens with one attached hydrogen (secondary N) is 2. The Balaban J connectivity index is 4.56. The highest BCUT2D eigenvalue weighted by Gasteiger charge is 2.29. The van der Waals surface area contributed by atoms with Crippen LogP contribution in [0.3, 0.4) is 0 Å². The number of carbonyl (C=O) groups is 4. The fourth-order valence-electron chi connectivity index (χ4n) is 1.95. The molecule has 0 spiro atoms. The molecule has 0 saturated carbocycles. The predicted octanol–water partition coefficient (Wildman–Crippen LogP) is -0.401. The van der Waals surface area contributed by atoms with E-state index in [1.54, 1.807) is 13.8 Å². The minimum absolute atomic E-state index is 0.00820. The number of nitrogens with two attached hydrogens (primary N) is 1. The number of carboxylic acid groups (broad SMARTS) is 2. The van der Waals surface area contributed by atoms with E-state index in [0.717, 1.165) is 0 Å². The van der Waals surface area contributed by atoms with Crippen LogP contribution in [0.2, 0.25) is 0 Å². The van der Waals surface area contributed by atoms with E-state index >= 15 is 0 Å². The van der Waals surface area contributed by atoms with Crippen LogP contribution in [0, 0.1) is 5.92 Å². The Hall–Kier alpha value is -1.81. The molecule has 0 unspecified atom stereocenters. The number of rotatable bonds is 11. The molecule has 0 fully saturated rings. The first kappa shape index (κ1) is 23.2. The third-order valence-electron chi connectivity index (χ3n) is 3.65. The molecule has 6 N–H and O–H groups in total. The summed E-state index contributed by atoms with van der Waals surface area (Å²) in [7, 11) is 0. The third-order valence-corrected chi connectivity index (χ3v) is 4.02. The maximum atomic E-state index is 12.1. The van der Waals surface area contributed by atoms with Gasteiger partial charge >= 0.3 is 11.9 Å². The zero-order chi connectivity index (χ0) is 19.8. The maximum absolute atomic E-state index is 12.1. The Kier molecular flexibility index (Phi) is 9.50. The number of hydrogen-bond acceptors (Lipinski definition) is 6. The number of hydrogen-bond donors (Lipinski definition) is 6. The first-order chi connectivity index (χ1) is 11.4. The van der Waals surface area contributed by atoms with Crippen LogP contribution in [0.4, 0.5) is 0 Å². The Morgan fingerprint density at radius 1 is 1.16 bits per heavy atom. The molecular weight excluding hydrogens is 350 g/mol. The lowest BCUT2D eigenvalue weighted by molar-refractivity contribution is -0.144. The molecule has 0 aliphatic carbocycles. The molecule has 3 atom stereocenters. The normalized spacial score (nSPS) is 15.8. The van der Waals surface area contributed by atoms with Crippen molar-refractivity contribution in [1.29, 1.82) is 0 Å². The van der Waals surface area contributed by atoms with Gasteiger partial charge in [-0.2, -0.15) is 12.6 Å². The molecule has 0 aliphatic rings. The van der Waals surface area contributed by atoms with Crippen LogP contribution in [0.5, 0.6) is 0 Å². The fourth-order valence-corrected chi connectivity index (χ4v) is 2.21. The van der Waals surface area contributed by atoms with Gasteiger partial charge < -0.3 is 26.6 Å². The van der Waals surface area contributed by atoms with Gasteiger partial charge in [-0.3, -0.25) is 14.4 Å². The van der Waals surface area contributed by atoms with Crippen LogP contribution < -0.4 is 16.4 Å². The number of amides is 2. The molecule has 0 rings (SSSR count). The summed E-state index contributed by atoms with van der Waals surface area (Å²) in [5, 5.41) is 22.8. The molecule has 0 aliphatic heterocycles. The quantitative estimate of drug-likeness (QED) is 0.267. The Morgan fingerprint density at radius 2 is 1.72 bits per heavy atom. The topological polar surface area (TPSA) is 159 Å². The first-order valence-electron chi connectivity index (χ1n) is 7.88. The summed E-state index contributed by atoms with van der Waals surface area (Å²) in [6.45, 7) is 4.66. The Bertz CT molecular complexity index is 509. The zero-order valence-corrected chi connectivity index (χ0v) is 15.5. The number of thiol groups is 1. The smallest absolute Gasteiger partial charge is 0.326 e. The molecule has 10 heteroatoms. The van der Waals surface area contributed by atoms with Crippen molar-refractivity contribution in [2.75, 3.05) is 5.75 Å². The van der Waals surface area contributed by atoms with Gasteiger partial charge in [0, 0.05) is 12.2 Å². The second kappa shape index (κ2) is 10.2. The molecule has 25 heavy (non-hydrogen) atoms. The minimum atomic E-state index is -1.42. The zero-order valence-electron chi connectivity index (χ0n) is 14.6. The monoisotopic (exact) mass is 377 g/mol. The maximum Gasteiger partial charge on any atom is 0.326 e. The minimum Gasteiger partial charge on any atom is -0.480 e.